The molecule has 139 heavy (non-hydrogen) atoms. The molecule has 734 valence electrons. The van der Waals surface area contributed by atoms with Crippen LogP contribution in [-0.2, 0) is 119 Å². The van der Waals surface area contributed by atoms with E-state index in [1.165, 1.54) is 72.4 Å². The molecular formula is C102H123F4N23O9S. The van der Waals surface area contributed by atoms with E-state index in [1.807, 2.05) is 167 Å². The van der Waals surface area contributed by atoms with Crippen LogP contribution in [0.4, 0.5) is 17.6 Å². The Balaban J connectivity index is 0.000000156. The lowest BCUT2D eigenvalue weighted by Crippen LogP contribution is -2.28. The molecule has 0 aliphatic carbocycles. The average molecular weight is 1920 g/mol. The highest BCUT2D eigenvalue weighted by molar-refractivity contribution is 7.88. The molecule has 0 saturated heterocycles. The number of fused-ring (bicyclic) bond motifs is 4. The minimum absolute atomic E-state index is 0.0237. The fourth-order valence-electron chi connectivity index (χ4n) is 16.5. The van der Waals surface area contributed by atoms with Crippen molar-refractivity contribution in [3.8, 4) is 67.5 Å². The monoisotopic (exact) mass is 1920 g/mol. The molecule has 0 bridgehead atoms. The van der Waals surface area contributed by atoms with Gasteiger partial charge < -0.3 is 74.4 Å². The molecule has 0 fully saturated rings. The van der Waals surface area contributed by atoms with Gasteiger partial charge in [-0.25, -0.2) is 45.9 Å². The molecule has 0 spiro atoms. The number of hydrogen-bond acceptors (Lipinski definition) is 21. The Kier molecular flexibility index (Phi) is 34.6. The lowest BCUT2D eigenvalue weighted by atomic mass is 10.1. The molecule has 16 rings (SSSR count). The van der Waals surface area contributed by atoms with Gasteiger partial charge in [-0.3, -0.25) is 28.3 Å². The first-order valence-corrected chi connectivity index (χ1v) is 48.0. The number of carbonyl (C=O) groups is 2. The number of aryl methyl sites for hydroxylation is 5. The van der Waals surface area contributed by atoms with Crippen LogP contribution in [0.1, 0.15) is 116 Å². The third kappa shape index (κ3) is 25.0. The van der Waals surface area contributed by atoms with Crippen LogP contribution in [0.5, 0.6) is 23.0 Å². The van der Waals surface area contributed by atoms with Gasteiger partial charge in [0.05, 0.1) is 69.5 Å². The fourth-order valence-corrected chi connectivity index (χ4v) is 16.9. The summed E-state index contributed by atoms with van der Waals surface area (Å²) in [6.45, 7) is 16.4. The standard InChI is InChI=1S/C26H31FN6O3.C26H31FN6O2.C25H31FN6O3S.C25H30FN5O/c1-17-21(25(31-32(17)2)26(34)29-11-13-35-3)9-12-36-23-14-19(27)5-6-22(23)18-4-7-24-30-15-20(8-10-28)33(24)16-18;1-17-22(24(30-32(17)4)16-31(3)18(2)34)10-12-35-25-13-20(27)6-7-23(25)19-5-8-26-29-14-21(9-11-28)33(26)15-19;1-17-21(23(29-31(17)3)16-30(2)36(4,33)34)10-12-35-24-13-19(26)6-7-22(24)18-5-8-25-28-14-20(9-11-27)32(25)15-18;1-4-5-23-21(17(2)30(3)29-23)11-13-32-24-14-19(26)7-8-22(24)18-6-9-25-28-15-20(10-12-27)31(25)16-18/h4-7,14-16H,8-13,28H2,1-3H3,(H,29,34);5-8,13-15H,9-12,16,28H2,1-4H3;5-8,13-15H,9-12,16,27H2,1-4H3;6-9,14-16H,4-5,10-13,27H2,1-3H3. The second-order valence-electron chi connectivity index (χ2n) is 34.0. The van der Waals surface area contributed by atoms with E-state index in [-0.39, 0.29) is 43.2 Å². The number of sulfonamides is 1. The smallest absolute Gasteiger partial charge is 0.272 e. The SMILES string of the molecule is CC(=O)N(C)Cc1nn(C)c(C)c1CCOc1cc(F)ccc1-c1ccc2ncc(CCN)n2c1.CCCc1nn(C)c(C)c1CCOc1cc(F)ccc1-c1ccc2ncc(CCN)n2c1.COCCNC(=O)c1nn(C)c(C)c1CCOc1cc(F)ccc1-c1ccc2ncc(CCN)n2c1.Cc1c(CCOc2cc(F)ccc2-c2ccc3ncc(CCN)n3c2)c(CN(C)S(C)(=O)=O)nn1C. The summed E-state index contributed by atoms with van der Waals surface area (Å²) in [7, 11) is 8.96. The Labute approximate surface area is 805 Å². The molecule has 0 aliphatic rings. The summed E-state index contributed by atoms with van der Waals surface area (Å²) in [5.74, 6) is 0.0823. The van der Waals surface area contributed by atoms with E-state index in [1.54, 1.807) is 59.7 Å². The number of halogens is 4. The first-order valence-electron chi connectivity index (χ1n) is 46.1. The molecule has 0 atom stereocenters. The van der Waals surface area contributed by atoms with Crippen LogP contribution >= 0.6 is 0 Å². The van der Waals surface area contributed by atoms with Gasteiger partial charge >= 0.3 is 0 Å². The van der Waals surface area contributed by atoms with Crippen molar-refractivity contribution in [2.24, 2.45) is 51.1 Å². The highest BCUT2D eigenvalue weighted by Gasteiger charge is 2.26. The Morgan fingerprint density at radius 3 is 1.02 bits per heavy atom. The molecule has 0 saturated carbocycles. The van der Waals surface area contributed by atoms with Crippen LogP contribution in [0, 0.1) is 51.0 Å². The summed E-state index contributed by atoms with van der Waals surface area (Å²) in [6, 6.07) is 33.8. The Morgan fingerprint density at radius 1 is 0.410 bits per heavy atom. The van der Waals surface area contributed by atoms with Crippen molar-refractivity contribution < 1.29 is 59.3 Å². The highest BCUT2D eigenvalue weighted by atomic mass is 32.2. The number of methoxy groups -OCH3 is 1. The van der Waals surface area contributed by atoms with Gasteiger partial charge in [-0.15, -0.1) is 0 Å². The van der Waals surface area contributed by atoms with Gasteiger partial charge in [-0.2, -0.15) is 24.7 Å². The summed E-state index contributed by atoms with van der Waals surface area (Å²) >= 11 is 0. The summed E-state index contributed by atoms with van der Waals surface area (Å²) in [6.07, 6.45) is 23.4. The Bertz CT molecular complexity index is 7110. The van der Waals surface area contributed by atoms with Crippen LogP contribution in [0.2, 0.25) is 0 Å². The molecule has 0 unspecified atom stereocenters. The van der Waals surface area contributed by atoms with Crippen molar-refractivity contribution in [2.45, 2.75) is 119 Å². The van der Waals surface area contributed by atoms with Crippen molar-refractivity contribution in [1.82, 2.24) is 91.2 Å². The van der Waals surface area contributed by atoms with E-state index < -0.39 is 21.7 Å². The van der Waals surface area contributed by atoms with Gasteiger partial charge in [0.15, 0.2) is 5.69 Å². The van der Waals surface area contributed by atoms with Crippen LogP contribution in [0.15, 0.2) is 171 Å². The first kappa shape index (κ1) is 102. The zero-order chi connectivity index (χ0) is 99.5. The quantitative estimate of drug-likeness (QED) is 0.0176. The average Bonchev–Trinajstić information content (AvgIpc) is 1.66. The Hall–Kier alpha value is -14.0. The number of amides is 2. The minimum Gasteiger partial charge on any atom is -0.492 e. The van der Waals surface area contributed by atoms with Crippen LogP contribution < -0.4 is 47.2 Å². The number of carbonyl (C=O) groups excluding carboxylic acids is 2. The third-order valence-electron chi connectivity index (χ3n) is 24.6. The number of aromatic nitrogens is 16. The fraction of sp³-hybridized carbons (Fsp3) is 0.353. The number of benzene rings is 4. The Morgan fingerprint density at radius 2 is 0.712 bits per heavy atom. The van der Waals surface area contributed by atoms with Gasteiger partial charge in [0.2, 0.25) is 15.9 Å². The van der Waals surface area contributed by atoms with E-state index in [2.05, 4.69) is 59.5 Å². The van der Waals surface area contributed by atoms with Crippen LogP contribution in [0.3, 0.4) is 0 Å². The third-order valence-corrected chi connectivity index (χ3v) is 25.9. The second-order valence-corrected chi connectivity index (χ2v) is 36.1. The van der Waals surface area contributed by atoms with Crippen molar-refractivity contribution >= 4 is 44.4 Å². The zero-order valence-corrected chi connectivity index (χ0v) is 82.0. The van der Waals surface area contributed by atoms with Crippen molar-refractivity contribution in [3.05, 3.63) is 285 Å². The van der Waals surface area contributed by atoms with E-state index in [9.17, 15) is 35.6 Å². The summed E-state index contributed by atoms with van der Waals surface area (Å²) in [5.41, 5.74) is 47.9. The summed E-state index contributed by atoms with van der Waals surface area (Å²) in [5, 5.41) is 20.9. The number of rotatable bonds is 39. The lowest BCUT2D eigenvalue weighted by Gasteiger charge is -2.15. The summed E-state index contributed by atoms with van der Waals surface area (Å²) < 4.78 is 126. The maximum Gasteiger partial charge on any atom is 0.272 e. The minimum atomic E-state index is -3.35. The van der Waals surface area contributed by atoms with E-state index >= 15 is 0 Å². The molecular weight excluding hydrogens is 1800 g/mol. The maximum atomic E-state index is 14.2. The molecule has 32 nitrogen and oxygen atoms in total. The van der Waals surface area contributed by atoms with E-state index in [0.717, 1.165) is 173 Å². The van der Waals surface area contributed by atoms with Gasteiger partial charge in [-0.05, 0) is 163 Å². The summed E-state index contributed by atoms with van der Waals surface area (Å²) in [4.78, 5) is 43.6. The van der Waals surface area contributed by atoms with Crippen LogP contribution in [0.25, 0.3) is 67.1 Å². The van der Waals surface area contributed by atoms with Crippen molar-refractivity contribution in [3.63, 3.8) is 0 Å². The number of imidazole rings is 4. The van der Waals surface area contributed by atoms with E-state index in [4.69, 9.17) is 46.6 Å². The number of nitrogens with two attached hydrogens (primary N) is 4. The van der Waals surface area contributed by atoms with Crippen molar-refractivity contribution in [2.75, 3.05) is 93.2 Å². The molecule has 12 aromatic heterocycles. The van der Waals surface area contributed by atoms with E-state index in [0.29, 0.717) is 132 Å². The predicted molar refractivity (Wildman–Crippen MR) is 529 cm³/mol. The van der Waals surface area contributed by atoms with Gasteiger partial charge in [0.25, 0.3) is 5.91 Å². The molecule has 9 N–H and O–H groups in total. The zero-order valence-electron chi connectivity index (χ0n) is 81.2. The first-order chi connectivity index (χ1) is 66.8. The number of ether oxygens (including phenoxy) is 5. The van der Waals surface area contributed by atoms with Gasteiger partial charge in [0, 0.05) is 295 Å². The normalized spacial score (nSPS) is 11.5. The topological polar surface area (TPSA) is 378 Å². The number of hydrogen-bond donors (Lipinski definition) is 5. The predicted octanol–water partition coefficient (Wildman–Crippen LogP) is 12.9. The maximum absolute atomic E-state index is 14.2. The van der Waals surface area contributed by atoms with Crippen LogP contribution in [-0.4, -0.2) is 199 Å². The number of nitrogens with one attached hydrogen (secondary N) is 1. The lowest BCUT2D eigenvalue weighted by molar-refractivity contribution is -0.128. The van der Waals surface area contributed by atoms with Gasteiger partial charge in [-0.1, -0.05) is 13.3 Å². The molecule has 4 aromatic carbocycles. The number of pyridine rings is 4. The number of nitrogens with zero attached hydrogens (tertiary/aromatic N) is 18. The molecule has 12 heterocycles. The highest BCUT2D eigenvalue weighted by Crippen LogP contribution is 2.38. The molecule has 16 aromatic rings. The van der Waals surface area contributed by atoms with Crippen molar-refractivity contribution in [1.29, 1.82) is 0 Å². The molecule has 0 aliphatic heterocycles. The largest absolute Gasteiger partial charge is 0.492 e. The van der Waals surface area contributed by atoms with Gasteiger partial charge in [0.1, 0.15) is 68.9 Å². The molecule has 2 amide bonds. The second kappa shape index (κ2) is 46.9. The molecule has 37 heteroatoms. The molecule has 0 radical (unpaired) electrons.